The van der Waals surface area contributed by atoms with Crippen molar-refractivity contribution in [1.29, 1.82) is 0 Å². The Morgan fingerprint density at radius 1 is 1.07 bits per heavy atom. The van der Waals surface area contributed by atoms with E-state index < -0.39 is 18.5 Å². The second kappa shape index (κ2) is 7.68. The summed E-state index contributed by atoms with van der Waals surface area (Å²) in [5.74, 6) is -1.49. The Hall–Kier alpha value is -3.05. The molecule has 27 heavy (non-hydrogen) atoms. The lowest BCUT2D eigenvalue weighted by Gasteiger charge is -2.12. The second-order valence-corrected chi connectivity index (χ2v) is 6.69. The third-order valence-corrected chi connectivity index (χ3v) is 4.41. The first-order valence-electron chi connectivity index (χ1n) is 8.30. The molecular formula is C21H18ClNO4. The summed E-state index contributed by atoms with van der Waals surface area (Å²) in [6, 6.07) is 14.0. The number of benzene rings is 3. The van der Waals surface area contributed by atoms with Crippen LogP contribution >= 0.6 is 11.6 Å². The molecule has 0 aliphatic heterocycles. The van der Waals surface area contributed by atoms with Gasteiger partial charge in [0.05, 0.1) is 10.7 Å². The van der Waals surface area contributed by atoms with E-state index in [0.29, 0.717) is 10.7 Å². The van der Waals surface area contributed by atoms with Crippen LogP contribution in [0, 0.1) is 13.8 Å². The smallest absolute Gasteiger partial charge is 0.342 e. The van der Waals surface area contributed by atoms with E-state index in [4.69, 9.17) is 16.3 Å². The van der Waals surface area contributed by atoms with Crippen LogP contribution in [-0.2, 0) is 9.53 Å². The Morgan fingerprint density at radius 2 is 1.74 bits per heavy atom. The molecule has 0 aliphatic carbocycles. The van der Waals surface area contributed by atoms with Gasteiger partial charge in [-0.15, -0.1) is 0 Å². The third kappa shape index (κ3) is 4.20. The molecule has 0 saturated heterocycles. The third-order valence-electron chi connectivity index (χ3n) is 4.11. The minimum Gasteiger partial charge on any atom is -0.507 e. The number of amides is 1. The molecule has 0 saturated carbocycles. The highest BCUT2D eigenvalue weighted by molar-refractivity contribution is 6.34. The Balaban J connectivity index is 1.69. The van der Waals surface area contributed by atoms with Gasteiger partial charge in [0, 0.05) is 0 Å². The maximum atomic E-state index is 12.3. The fourth-order valence-electron chi connectivity index (χ4n) is 2.85. The van der Waals surface area contributed by atoms with Gasteiger partial charge in [-0.05, 0) is 53.9 Å². The van der Waals surface area contributed by atoms with Crippen molar-refractivity contribution in [3.63, 3.8) is 0 Å². The molecule has 0 aliphatic rings. The topological polar surface area (TPSA) is 75.6 Å². The number of aromatic hydroxyl groups is 1. The van der Waals surface area contributed by atoms with Crippen LogP contribution in [0.2, 0.25) is 5.02 Å². The first kappa shape index (κ1) is 18.7. The number of aryl methyl sites for hydroxylation is 2. The molecule has 138 valence electrons. The number of ether oxygens (including phenoxy) is 1. The van der Waals surface area contributed by atoms with Crippen molar-refractivity contribution in [1.82, 2.24) is 0 Å². The van der Waals surface area contributed by atoms with Crippen LogP contribution in [0.25, 0.3) is 10.8 Å². The predicted octanol–water partition coefficient (Wildman–Crippen LogP) is 4.61. The maximum Gasteiger partial charge on any atom is 0.342 e. The summed E-state index contributed by atoms with van der Waals surface area (Å²) in [6.45, 7) is 3.24. The number of rotatable bonds is 4. The molecule has 1 amide bonds. The lowest BCUT2D eigenvalue weighted by molar-refractivity contribution is -0.119. The number of halogens is 1. The Morgan fingerprint density at radius 3 is 2.41 bits per heavy atom. The lowest BCUT2D eigenvalue weighted by atomic mass is 10.1. The quantitative estimate of drug-likeness (QED) is 0.645. The first-order valence-corrected chi connectivity index (χ1v) is 8.68. The van der Waals surface area contributed by atoms with E-state index >= 15 is 0 Å². The summed E-state index contributed by atoms with van der Waals surface area (Å²) in [5, 5.41) is 14.7. The number of hydrogen-bond donors (Lipinski definition) is 2. The zero-order chi connectivity index (χ0) is 19.6. The fraction of sp³-hybridized carbons (Fsp3) is 0.143. The largest absolute Gasteiger partial charge is 0.507 e. The zero-order valence-electron chi connectivity index (χ0n) is 14.9. The number of hydrogen-bond acceptors (Lipinski definition) is 4. The Bertz CT molecular complexity index is 1020. The van der Waals surface area contributed by atoms with E-state index in [9.17, 15) is 14.7 Å². The molecule has 0 radical (unpaired) electrons. The molecular weight excluding hydrogens is 366 g/mol. The molecule has 0 fully saturated rings. The highest BCUT2D eigenvalue weighted by Gasteiger charge is 2.16. The van der Waals surface area contributed by atoms with Crippen LogP contribution in [0.3, 0.4) is 0 Å². The Kier molecular flexibility index (Phi) is 5.33. The summed E-state index contributed by atoms with van der Waals surface area (Å²) in [6.07, 6.45) is 0. The zero-order valence-corrected chi connectivity index (χ0v) is 15.6. The number of anilines is 1. The molecule has 6 heteroatoms. The molecule has 2 N–H and O–H groups in total. The molecule has 0 aromatic heterocycles. The average molecular weight is 384 g/mol. The summed E-state index contributed by atoms with van der Waals surface area (Å²) in [5.41, 5.74) is 2.28. The minimum atomic E-state index is -0.778. The van der Waals surface area contributed by atoms with Crippen molar-refractivity contribution in [2.75, 3.05) is 11.9 Å². The number of esters is 1. The van der Waals surface area contributed by atoms with Crippen molar-refractivity contribution in [2.24, 2.45) is 0 Å². The Labute approximate surface area is 161 Å². The van der Waals surface area contributed by atoms with Gasteiger partial charge in [-0.3, -0.25) is 4.79 Å². The normalized spacial score (nSPS) is 10.6. The van der Waals surface area contributed by atoms with Crippen LogP contribution < -0.4 is 5.32 Å². The number of carbonyl (C=O) groups excluding carboxylic acids is 2. The van der Waals surface area contributed by atoms with Crippen LogP contribution in [0.15, 0.2) is 48.5 Å². The van der Waals surface area contributed by atoms with Gasteiger partial charge in [0.15, 0.2) is 6.61 Å². The van der Waals surface area contributed by atoms with E-state index in [1.165, 1.54) is 12.1 Å². The summed E-state index contributed by atoms with van der Waals surface area (Å²) in [4.78, 5) is 24.4. The van der Waals surface area contributed by atoms with Crippen molar-refractivity contribution in [3.05, 3.63) is 70.2 Å². The highest BCUT2D eigenvalue weighted by atomic mass is 35.5. The standard InChI is InChI=1S/C21H18ClNO4/c1-12-7-13(2)20(17(22)8-12)23-19(25)11-27-21(26)16-9-14-5-3-4-6-15(14)10-18(16)24/h3-10,24H,11H2,1-2H3,(H,23,25). The van der Waals surface area contributed by atoms with Crippen molar-refractivity contribution in [2.45, 2.75) is 13.8 Å². The molecule has 0 unspecified atom stereocenters. The van der Waals surface area contributed by atoms with Gasteiger partial charge in [-0.1, -0.05) is 41.9 Å². The van der Waals surface area contributed by atoms with E-state index in [2.05, 4.69) is 5.32 Å². The van der Waals surface area contributed by atoms with Crippen molar-refractivity contribution >= 4 is 39.9 Å². The van der Waals surface area contributed by atoms with E-state index in [1.54, 1.807) is 6.07 Å². The minimum absolute atomic E-state index is 0.00560. The number of fused-ring (bicyclic) bond motifs is 1. The van der Waals surface area contributed by atoms with Crippen LogP contribution in [-0.4, -0.2) is 23.6 Å². The van der Waals surface area contributed by atoms with Gasteiger partial charge in [0.2, 0.25) is 0 Å². The molecule has 5 nitrogen and oxygen atoms in total. The van der Waals surface area contributed by atoms with Gasteiger partial charge in [-0.25, -0.2) is 4.79 Å². The number of nitrogens with one attached hydrogen (secondary N) is 1. The average Bonchev–Trinajstić information content (AvgIpc) is 2.62. The molecule has 3 rings (SSSR count). The van der Waals surface area contributed by atoms with Gasteiger partial charge >= 0.3 is 5.97 Å². The number of phenols is 1. The van der Waals surface area contributed by atoms with E-state index in [0.717, 1.165) is 21.9 Å². The summed E-state index contributed by atoms with van der Waals surface area (Å²) < 4.78 is 5.04. The summed E-state index contributed by atoms with van der Waals surface area (Å²) >= 11 is 6.16. The molecule has 0 bridgehead atoms. The lowest BCUT2D eigenvalue weighted by Crippen LogP contribution is -2.21. The molecule has 0 spiro atoms. The monoisotopic (exact) mass is 383 g/mol. The van der Waals surface area contributed by atoms with E-state index in [1.807, 2.05) is 44.2 Å². The van der Waals surface area contributed by atoms with E-state index in [-0.39, 0.29) is 11.3 Å². The van der Waals surface area contributed by atoms with Crippen LogP contribution in [0.5, 0.6) is 5.75 Å². The SMILES string of the molecule is Cc1cc(C)c(NC(=O)COC(=O)c2cc3ccccc3cc2O)c(Cl)c1. The number of phenolic OH excluding ortho intramolecular Hbond substituents is 1. The molecule has 3 aromatic carbocycles. The van der Waals surface area contributed by atoms with Gasteiger partial charge < -0.3 is 15.2 Å². The fourth-order valence-corrected chi connectivity index (χ4v) is 3.22. The summed E-state index contributed by atoms with van der Waals surface area (Å²) in [7, 11) is 0. The van der Waals surface area contributed by atoms with Gasteiger partial charge in [-0.2, -0.15) is 0 Å². The van der Waals surface area contributed by atoms with Gasteiger partial charge in [0.1, 0.15) is 11.3 Å². The molecule has 0 atom stereocenters. The second-order valence-electron chi connectivity index (χ2n) is 6.28. The van der Waals surface area contributed by atoms with Crippen molar-refractivity contribution in [3.8, 4) is 5.75 Å². The van der Waals surface area contributed by atoms with Crippen molar-refractivity contribution < 1.29 is 19.4 Å². The predicted molar refractivity (Wildman–Crippen MR) is 105 cm³/mol. The van der Waals surface area contributed by atoms with Gasteiger partial charge in [0.25, 0.3) is 5.91 Å². The first-order chi connectivity index (χ1) is 12.8. The number of carbonyl (C=O) groups is 2. The molecule has 0 heterocycles. The van der Waals surface area contributed by atoms with Crippen LogP contribution in [0.4, 0.5) is 5.69 Å². The molecule has 3 aromatic rings. The van der Waals surface area contributed by atoms with Crippen LogP contribution in [0.1, 0.15) is 21.5 Å². The highest BCUT2D eigenvalue weighted by Crippen LogP contribution is 2.28. The maximum absolute atomic E-state index is 12.3.